The molecule has 18 heavy (non-hydrogen) atoms. The van der Waals surface area contributed by atoms with Gasteiger partial charge in [-0.3, -0.25) is 0 Å². The van der Waals surface area contributed by atoms with Crippen molar-refractivity contribution < 1.29 is 13.2 Å². The molecule has 0 atom stereocenters. The summed E-state index contributed by atoms with van der Waals surface area (Å²) in [5.74, 6) is -1.07. The lowest BCUT2D eigenvalue weighted by Gasteiger charge is -2.20. The second-order valence-electron chi connectivity index (χ2n) is 4.28. The van der Waals surface area contributed by atoms with E-state index in [0.717, 1.165) is 24.5 Å². The zero-order valence-corrected chi connectivity index (χ0v) is 11.4. The fourth-order valence-corrected chi connectivity index (χ4v) is 1.80. The highest BCUT2D eigenvalue weighted by Crippen LogP contribution is 2.28. The summed E-state index contributed by atoms with van der Waals surface area (Å²) >= 11 is 0.736. The monoisotopic (exact) mass is 282 g/mol. The van der Waals surface area contributed by atoms with Crippen molar-refractivity contribution in [1.29, 1.82) is 0 Å². The Morgan fingerprint density at radius 2 is 2.06 bits per heavy atom. The first-order valence-corrected chi connectivity index (χ1v) is 6.43. The van der Waals surface area contributed by atoms with Gasteiger partial charge in [0.1, 0.15) is 0 Å². The topological polar surface area (TPSA) is 41.0 Å². The summed E-state index contributed by atoms with van der Waals surface area (Å²) in [6.07, 6.45) is -3.62. The van der Waals surface area contributed by atoms with Crippen molar-refractivity contribution in [3.05, 3.63) is 5.82 Å². The smallest absolute Gasteiger partial charge is 0.360 e. The Balaban J connectivity index is 2.30. The third-order valence-corrected chi connectivity index (χ3v) is 3.20. The number of nitrogens with one attached hydrogen (secondary N) is 1. The molecule has 1 aromatic heterocycles. The van der Waals surface area contributed by atoms with E-state index in [0.29, 0.717) is 12.6 Å². The molecule has 1 aromatic rings. The molecule has 0 aliphatic carbocycles. The molecule has 1 N–H and O–H groups in total. The maximum atomic E-state index is 12.2. The standard InChI is InChI=1S/C10H17F3N4S/c1-7(2)17(3)6-4-5-14-9-15-8(16-18-9)10(11,12)13/h7H,4-6H2,1-3H3,(H,14,15,16). The lowest BCUT2D eigenvalue weighted by Crippen LogP contribution is -2.28. The van der Waals surface area contributed by atoms with E-state index in [-0.39, 0.29) is 5.13 Å². The first-order chi connectivity index (χ1) is 8.30. The minimum atomic E-state index is -4.46. The Kier molecular flexibility index (Phi) is 5.33. The lowest BCUT2D eigenvalue weighted by atomic mass is 10.3. The number of anilines is 1. The normalized spacial score (nSPS) is 12.4. The molecule has 0 bridgehead atoms. The van der Waals surface area contributed by atoms with Gasteiger partial charge in [0, 0.05) is 24.1 Å². The van der Waals surface area contributed by atoms with Crippen molar-refractivity contribution in [2.75, 3.05) is 25.5 Å². The lowest BCUT2D eigenvalue weighted by molar-refractivity contribution is -0.144. The molecule has 0 fully saturated rings. The van der Waals surface area contributed by atoms with Crippen LogP contribution in [0, 0.1) is 0 Å². The van der Waals surface area contributed by atoms with Gasteiger partial charge in [0.2, 0.25) is 11.0 Å². The average Bonchev–Trinajstić information content (AvgIpc) is 2.72. The van der Waals surface area contributed by atoms with Crippen LogP contribution >= 0.6 is 11.5 Å². The molecule has 0 amide bonds. The summed E-state index contributed by atoms with van der Waals surface area (Å²) in [7, 11) is 2.01. The highest BCUT2D eigenvalue weighted by molar-refractivity contribution is 7.09. The van der Waals surface area contributed by atoms with Crippen molar-refractivity contribution in [1.82, 2.24) is 14.3 Å². The molecule has 1 rings (SSSR count). The third kappa shape index (κ3) is 4.77. The Morgan fingerprint density at radius 1 is 1.39 bits per heavy atom. The Labute approximate surface area is 108 Å². The van der Waals surface area contributed by atoms with Crippen LogP contribution < -0.4 is 5.32 Å². The molecule has 0 radical (unpaired) electrons. The van der Waals surface area contributed by atoms with Crippen LogP contribution in [-0.4, -0.2) is 40.4 Å². The SMILES string of the molecule is CC(C)N(C)CCCNc1nc(C(F)(F)F)ns1. The minimum absolute atomic E-state index is 0.217. The molecular weight excluding hydrogens is 265 g/mol. The molecule has 0 aromatic carbocycles. The van der Waals surface area contributed by atoms with E-state index in [4.69, 9.17) is 0 Å². The van der Waals surface area contributed by atoms with Gasteiger partial charge in [-0.05, 0) is 33.9 Å². The first-order valence-electron chi connectivity index (χ1n) is 5.65. The number of hydrogen-bond acceptors (Lipinski definition) is 5. The quantitative estimate of drug-likeness (QED) is 0.815. The molecular formula is C10H17F3N4S. The molecule has 0 saturated heterocycles. The number of aromatic nitrogens is 2. The summed E-state index contributed by atoms with van der Waals surface area (Å²) in [5.41, 5.74) is 0. The van der Waals surface area contributed by atoms with Gasteiger partial charge in [0.05, 0.1) is 0 Å². The highest BCUT2D eigenvalue weighted by Gasteiger charge is 2.36. The second-order valence-corrected chi connectivity index (χ2v) is 5.03. The van der Waals surface area contributed by atoms with Crippen LogP contribution in [0.3, 0.4) is 0 Å². The van der Waals surface area contributed by atoms with Crippen LogP contribution in [0.4, 0.5) is 18.3 Å². The fraction of sp³-hybridized carbons (Fsp3) is 0.800. The zero-order valence-electron chi connectivity index (χ0n) is 10.6. The van der Waals surface area contributed by atoms with Gasteiger partial charge in [-0.25, -0.2) is 0 Å². The Morgan fingerprint density at radius 3 is 2.56 bits per heavy atom. The van der Waals surface area contributed by atoms with Gasteiger partial charge >= 0.3 is 6.18 Å². The van der Waals surface area contributed by atoms with E-state index in [1.54, 1.807) is 0 Å². The largest absolute Gasteiger partial charge is 0.452 e. The van der Waals surface area contributed by atoms with E-state index in [1.807, 2.05) is 7.05 Å². The van der Waals surface area contributed by atoms with E-state index in [2.05, 4.69) is 33.4 Å². The van der Waals surface area contributed by atoms with Crippen molar-refractivity contribution >= 4 is 16.7 Å². The number of halogens is 3. The number of alkyl halides is 3. The van der Waals surface area contributed by atoms with Crippen molar-refractivity contribution in [3.63, 3.8) is 0 Å². The van der Waals surface area contributed by atoms with Crippen LogP contribution in [0.5, 0.6) is 0 Å². The molecule has 1 heterocycles. The van der Waals surface area contributed by atoms with E-state index < -0.39 is 12.0 Å². The number of nitrogens with zero attached hydrogens (tertiary/aromatic N) is 3. The van der Waals surface area contributed by atoms with E-state index in [1.165, 1.54) is 0 Å². The van der Waals surface area contributed by atoms with Gasteiger partial charge in [-0.2, -0.15) is 22.5 Å². The third-order valence-electron chi connectivity index (χ3n) is 2.52. The van der Waals surface area contributed by atoms with E-state index in [9.17, 15) is 13.2 Å². The summed E-state index contributed by atoms with van der Waals surface area (Å²) in [6.45, 7) is 5.65. The van der Waals surface area contributed by atoms with E-state index >= 15 is 0 Å². The summed E-state index contributed by atoms with van der Waals surface area (Å²) in [4.78, 5) is 5.56. The van der Waals surface area contributed by atoms with Gasteiger partial charge in [-0.15, -0.1) is 0 Å². The van der Waals surface area contributed by atoms with Crippen molar-refractivity contribution in [3.8, 4) is 0 Å². The van der Waals surface area contributed by atoms with Gasteiger partial charge in [0.25, 0.3) is 0 Å². The molecule has 0 aliphatic heterocycles. The maximum absolute atomic E-state index is 12.2. The molecule has 0 spiro atoms. The van der Waals surface area contributed by atoms with Crippen molar-refractivity contribution in [2.24, 2.45) is 0 Å². The summed E-state index contributed by atoms with van der Waals surface area (Å²) < 4.78 is 40.0. The molecule has 4 nitrogen and oxygen atoms in total. The Hall–Kier alpha value is -0.890. The van der Waals surface area contributed by atoms with Gasteiger partial charge in [0.15, 0.2) is 0 Å². The number of rotatable bonds is 6. The van der Waals surface area contributed by atoms with Crippen LogP contribution in [0.15, 0.2) is 0 Å². The van der Waals surface area contributed by atoms with Gasteiger partial charge in [-0.1, -0.05) is 0 Å². The minimum Gasteiger partial charge on any atom is -0.360 e. The van der Waals surface area contributed by atoms with Crippen LogP contribution in [0.25, 0.3) is 0 Å². The van der Waals surface area contributed by atoms with Crippen LogP contribution in [-0.2, 0) is 6.18 Å². The Bertz CT molecular complexity index is 364. The first kappa shape index (κ1) is 15.2. The average molecular weight is 282 g/mol. The maximum Gasteiger partial charge on any atom is 0.452 e. The fourth-order valence-electron chi connectivity index (χ4n) is 1.19. The predicted molar refractivity (Wildman–Crippen MR) is 65.8 cm³/mol. The molecule has 0 aliphatic rings. The summed E-state index contributed by atoms with van der Waals surface area (Å²) in [6, 6.07) is 0.461. The molecule has 104 valence electrons. The summed E-state index contributed by atoms with van der Waals surface area (Å²) in [5, 5.41) is 3.07. The predicted octanol–water partition coefficient (Wildman–Crippen LogP) is 2.70. The zero-order chi connectivity index (χ0) is 13.8. The molecule has 0 saturated carbocycles. The molecule has 8 heteroatoms. The molecule has 0 unspecified atom stereocenters. The van der Waals surface area contributed by atoms with Crippen molar-refractivity contribution in [2.45, 2.75) is 32.5 Å². The van der Waals surface area contributed by atoms with Gasteiger partial charge < -0.3 is 10.2 Å². The highest BCUT2D eigenvalue weighted by atomic mass is 32.1. The number of hydrogen-bond donors (Lipinski definition) is 1. The van der Waals surface area contributed by atoms with Crippen LogP contribution in [0.1, 0.15) is 26.1 Å². The second kappa shape index (κ2) is 6.33. The van der Waals surface area contributed by atoms with Crippen LogP contribution in [0.2, 0.25) is 0 Å².